The first-order chi connectivity index (χ1) is 26.8. The standard InChI is InChI=1S/C50H39N5/c1-32-31-43(50(2,3)4)42-29-27-38-28-30-44(52-45(38)46(42)51-32)37-21-15-35(16-22-37)36-19-25-41(26-20-36)49-54-47(39-13-9-6-10-14-39)53-48(55-49)40-23-17-34(18-24-40)33-11-7-5-8-12-33/h5-31H,1-4H3. The first kappa shape index (κ1) is 34.0. The van der Waals surface area contributed by atoms with Crippen LogP contribution in [0.4, 0.5) is 0 Å². The fourth-order valence-electron chi connectivity index (χ4n) is 7.22. The zero-order valence-corrected chi connectivity index (χ0v) is 31.3. The number of benzene rings is 6. The monoisotopic (exact) mass is 709 g/mol. The highest BCUT2D eigenvalue weighted by Gasteiger charge is 2.20. The summed E-state index contributed by atoms with van der Waals surface area (Å²) in [4.78, 5) is 25.0. The van der Waals surface area contributed by atoms with Gasteiger partial charge in [0.2, 0.25) is 0 Å². The van der Waals surface area contributed by atoms with E-state index in [4.69, 9.17) is 24.9 Å². The number of rotatable bonds is 6. The highest BCUT2D eigenvalue weighted by Crippen LogP contribution is 2.35. The molecule has 5 heteroatoms. The molecule has 0 saturated heterocycles. The minimum Gasteiger partial charge on any atom is -0.251 e. The third kappa shape index (κ3) is 6.77. The Morgan fingerprint density at radius 3 is 1.29 bits per heavy atom. The van der Waals surface area contributed by atoms with Crippen molar-refractivity contribution in [1.82, 2.24) is 24.9 Å². The molecular formula is C50H39N5. The van der Waals surface area contributed by atoms with E-state index in [9.17, 15) is 0 Å². The van der Waals surface area contributed by atoms with Gasteiger partial charge in [0.15, 0.2) is 17.5 Å². The van der Waals surface area contributed by atoms with Gasteiger partial charge in [0.1, 0.15) is 0 Å². The van der Waals surface area contributed by atoms with E-state index in [2.05, 4.69) is 155 Å². The molecule has 0 spiro atoms. The first-order valence-electron chi connectivity index (χ1n) is 18.7. The summed E-state index contributed by atoms with van der Waals surface area (Å²) in [5.74, 6) is 1.91. The molecule has 0 saturated carbocycles. The Labute approximate surface area is 321 Å². The van der Waals surface area contributed by atoms with Crippen molar-refractivity contribution in [2.75, 3.05) is 0 Å². The summed E-state index contributed by atoms with van der Waals surface area (Å²) in [6.07, 6.45) is 0. The molecule has 0 aliphatic carbocycles. The Morgan fingerprint density at radius 2 is 0.782 bits per heavy atom. The molecule has 5 nitrogen and oxygen atoms in total. The van der Waals surface area contributed by atoms with Gasteiger partial charge in [0.05, 0.1) is 16.7 Å². The van der Waals surface area contributed by atoms with Crippen LogP contribution in [0.1, 0.15) is 32.0 Å². The van der Waals surface area contributed by atoms with E-state index in [-0.39, 0.29) is 5.41 Å². The van der Waals surface area contributed by atoms with Crippen LogP contribution in [0, 0.1) is 6.92 Å². The summed E-state index contributed by atoms with van der Waals surface area (Å²) in [5.41, 5.74) is 13.5. The van der Waals surface area contributed by atoms with Gasteiger partial charge < -0.3 is 0 Å². The van der Waals surface area contributed by atoms with Crippen LogP contribution in [-0.2, 0) is 5.41 Å². The lowest BCUT2D eigenvalue weighted by Gasteiger charge is -2.22. The molecule has 6 aromatic carbocycles. The van der Waals surface area contributed by atoms with E-state index in [0.717, 1.165) is 72.1 Å². The van der Waals surface area contributed by atoms with E-state index in [1.54, 1.807) is 0 Å². The molecule has 9 aromatic rings. The predicted octanol–water partition coefficient (Wildman–Crippen LogP) is 12.6. The number of aryl methyl sites for hydroxylation is 1. The lowest BCUT2D eigenvalue weighted by molar-refractivity contribution is 0.594. The van der Waals surface area contributed by atoms with Gasteiger partial charge in [-0.15, -0.1) is 0 Å². The zero-order valence-electron chi connectivity index (χ0n) is 31.3. The molecular weight excluding hydrogens is 671 g/mol. The van der Waals surface area contributed by atoms with Crippen molar-refractivity contribution in [3.8, 4) is 67.7 Å². The molecule has 9 rings (SSSR count). The number of fused-ring (bicyclic) bond motifs is 3. The maximum absolute atomic E-state index is 5.18. The summed E-state index contributed by atoms with van der Waals surface area (Å²) in [7, 11) is 0. The van der Waals surface area contributed by atoms with Crippen molar-refractivity contribution in [1.29, 1.82) is 0 Å². The van der Waals surface area contributed by atoms with Crippen LogP contribution in [0.2, 0.25) is 0 Å². The predicted molar refractivity (Wildman–Crippen MR) is 226 cm³/mol. The van der Waals surface area contributed by atoms with Crippen molar-refractivity contribution >= 4 is 21.8 Å². The number of nitrogens with zero attached hydrogens (tertiary/aromatic N) is 5. The molecule has 3 heterocycles. The summed E-state index contributed by atoms with van der Waals surface area (Å²) in [5, 5.41) is 2.25. The average molecular weight is 710 g/mol. The molecule has 0 fully saturated rings. The van der Waals surface area contributed by atoms with E-state index < -0.39 is 0 Å². The van der Waals surface area contributed by atoms with Crippen molar-refractivity contribution in [3.05, 3.63) is 175 Å². The van der Waals surface area contributed by atoms with Gasteiger partial charge in [-0.2, -0.15) is 0 Å². The van der Waals surface area contributed by atoms with Crippen LogP contribution in [0.15, 0.2) is 164 Å². The van der Waals surface area contributed by atoms with Crippen molar-refractivity contribution in [2.24, 2.45) is 0 Å². The third-order valence-electron chi connectivity index (χ3n) is 10.1. The third-order valence-corrected chi connectivity index (χ3v) is 10.1. The number of pyridine rings is 2. The fourth-order valence-corrected chi connectivity index (χ4v) is 7.22. The maximum Gasteiger partial charge on any atom is 0.164 e. The van der Waals surface area contributed by atoms with Crippen molar-refractivity contribution < 1.29 is 0 Å². The summed E-state index contributed by atoms with van der Waals surface area (Å²) in [6, 6.07) is 56.7. The van der Waals surface area contributed by atoms with Gasteiger partial charge in [0.25, 0.3) is 0 Å². The second-order valence-corrected chi connectivity index (χ2v) is 15.1. The minimum absolute atomic E-state index is 0.000538. The molecule has 0 amide bonds. The van der Waals surface area contributed by atoms with Crippen molar-refractivity contribution in [2.45, 2.75) is 33.1 Å². The summed E-state index contributed by atoms with van der Waals surface area (Å²) >= 11 is 0. The van der Waals surface area contributed by atoms with Crippen LogP contribution in [0.3, 0.4) is 0 Å². The lowest BCUT2D eigenvalue weighted by atomic mass is 9.84. The Bertz CT molecular complexity index is 2810. The number of hydrogen-bond donors (Lipinski definition) is 0. The first-order valence-corrected chi connectivity index (χ1v) is 18.7. The van der Waals surface area contributed by atoms with E-state index in [0.29, 0.717) is 17.5 Å². The van der Waals surface area contributed by atoms with Crippen molar-refractivity contribution in [3.63, 3.8) is 0 Å². The Kier molecular flexibility index (Phi) is 8.55. The summed E-state index contributed by atoms with van der Waals surface area (Å²) in [6.45, 7) is 8.82. The van der Waals surface area contributed by atoms with Gasteiger partial charge in [-0.05, 0) is 52.3 Å². The fraction of sp³-hybridized carbons (Fsp3) is 0.100. The van der Waals surface area contributed by atoms with Gasteiger partial charge in [-0.25, -0.2) is 19.9 Å². The Morgan fingerprint density at radius 1 is 0.364 bits per heavy atom. The zero-order chi connectivity index (χ0) is 37.5. The van der Waals surface area contributed by atoms with Gasteiger partial charge in [-0.1, -0.05) is 172 Å². The highest BCUT2D eigenvalue weighted by atomic mass is 15.0. The van der Waals surface area contributed by atoms with Gasteiger partial charge >= 0.3 is 0 Å². The van der Waals surface area contributed by atoms with Crippen LogP contribution >= 0.6 is 0 Å². The number of hydrogen-bond acceptors (Lipinski definition) is 5. The molecule has 3 aromatic heterocycles. The highest BCUT2D eigenvalue weighted by molar-refractivity contribution is 6.05. The second-order valence-electron chi connectivity index (χ2n) is 15.1. The van der Waals surface area contributed by atoms with Crippen LogP contribution in [0.25, 0.3) is 89.5 Å². The minimum atomic E-state index is 0.000538. The summed E-state index contributed by atoms with van der Waals surface area (Å²) < 4.78 is 0. The van der Waals surface area contributed by atoms with Gasteiger partial charge in [0, 0.05) is 38.7 Å². The second kappa shape index (κ2) is 13.9. The maximum atomic E-state index is 5.18. The molecule has 0 bridgehead atoms. The topological polar surface area (TPSA) is 64.5 Å². The molecule has 0 radical (unpaired) electrons. The largest absolute Gasteiger partial charge is 0.251 e. The van der Waals surface area contributed by atoms with Crippen LogP contribution in [-0.4, -0.2) is 24.9 Å². The molecule has 0 aliphatic rings. The quantitative estimate of drug-likeness (QED) is 0.161. The molecule has 0 N–H and O–H groups in total. The van der Waals surface area contributed by atoms with E-state index in [1.165, 1.54) is 11.1 Å². The Balaban J connectivity index is 1.02. The van der Waals surface area contributed by atoms with E-state index in [1.807, 2.05) is 36.4 Å². The average Bonchev–Trinajstić information content (AvgIpc) is 3.23. The van der Waals surface area contributed by atoms with Gasteiger partial charge in [-0.3, -0.25) is 4.98 Å². The number of aromatic nitrogens is 5. The Hall–Kier alpha value is -6.85. The molecule has 0 unspecified atom stereocenters. The van der Waals surface area contributed by atoms with Crippen LogP contribution in [0.5, 0.6) is 0 Å². The molecule has 264 valence electrons. The normalized spacial score (nSPS) is 11.6. The molecule has 0 aliphatic heterocycles. The smallest absolute Gasteiger partial charge is 0.164 e. The lowest BCUT2D eigenvalue weighted by Crippen LogP contribution is -2.12. The molecule has 0 atom stereocenters. The van der Waals surface area contributed by atoms with E-state index >= 15 is 0 Å². The SMILES string of the molecule is Cc1cc(C(C)(C)C)c2ccc3ccc(-c4ccc(-c5ccc(-c6nc(-c7ccccc7)nc(-c7ccc(-c8ccccc8)cc7)n6)cc5)cc4)nc3c2n1. The molecule has 55 heavy (non-hydrogen) atoms. The van der Waals surface area contributed by atoms with Crippen LogP contribution < -0.4 is 0 Å².